The second-order valence-corrected chi connectivity index (χ2v) is 3.77. The van der Waals surface area contributed by atoms with Gasteiger partial charge in [-0.3, -0.25) is 4.79 Å². The van der Waals surface area contributed by atoms with E-state index in [1.165, 1.54) is 12.1 Å². The first-order valence-electron chi connectivity index (χ1n) is 4.19. The molecule has 0 saturated heterocycles. The Balaban J connectivity index is 2.25. The highest BCUT2D eigenvalue weighted by Gasteiger charge is 2.61. The molecule has 1 aromatic rings. The molecule has 2 rings (SSSR count). The summed E-state index contributed by atoms with van der Waals surface area (Å²) in [5.74, 6) is -4.54. The SMILES string of the molecule is O=C(c1ccccc1Cl)C1CC1(F)F. The van der Waals surface area contributed by atoms with Crippen molar-refractivity contribution in [3.05, 3.63) is 34.9 Å². The summed E-state index contributed by atoms with van der Waals surface area (Å²) in [4.78, 5) is 11.5. The number of halogens is 3. The molecule has 1 aliphatic rings. The van der Waals surface area contributed by atoms with Gasteiger partial charge in [-0.05, 0) is 12.1 Å². The fourth-order valence-corrected chi connectivity index (χ4v) is 1.58. The van der Waals surface area contributed by atoms with E-state index in [0.717, 1.165) is 0 Å². The molecule has 1 aliphatic carbocycles. The highest BCUT2D eigenvalue weighted by molar-refractivity contribution is 6.34. The van der Waals surface area contributed by atoms with E-state index in [-0.39, 0.29) is 17.0 Å². The van der Waals surface area contributed by atoms with Crippen LogP contribution in [0.3, 0.4) is 0 Å². The number of alkyl halides is 2. The average Bonchev–Trinajstić information content (AvgIpc) is 2.75. The molecule has 4 heteroatoms. The Labute approximate surface area is 84.7 Å². The summed E-state index contributed by atoms with van der Waals surface area (Å²) in [6.07, 6.45) is -0.350. The van der Waals surface area contributed by atoms with Crippen LogP contribution in [0.2, 0.25) is 5.02 Å². The van der Waals surface area contributed by atoms with E-state index in [1.54, 1.807) is 12.1 Å². The van der Waals surface area contributed by atoms with E-state index >= 15 is 0 Å². The van der Waals surface area contributed by atoms with Crippen molar-refractivity contribution in [2.24, 2.45) is 5.92 Å². The molecule has 0 amide bonds. The minimum Gasteiger partial charge on any atom is -0.294 e. The van der Waals surface area contributed by atoms with E-state index in [2.05, 4.69) is 0 Å². The molecule has 1 saturated carbocycles. The number of rotatable bonds is 2. The third kappa shape index (κ3) is 1.52. The summed E-state index contributed by atoms with van der Waals surface area (Å²) in [5.41, 5.74) is 0.191. The Kier molecular flexibility index (Phi) is 2.07. The molecular weight excluding hydrogens is 210 g/mol. The van der Waals surface area contributed by atoms with Crippen LogP contribution in [0.15, 0.2) is 24.3 Å². The van der Waals surface area contributed by atoms with Crippen LogP contribution in [0.4, 0.5) is 8.78 Å². The lowest BCUT2D eigenvalue weighted by atomic mass is 10.1. The molecule has 1 nitrogen and oxygen atoms in total. The van der Waals surface area contributed by atoms with Crippen LogP contribution in [-0.4, -0.2) is 11.7 Å². The third-order valence-electron chi connectivity index (χ3n) is 2.28. The van der Waals surface area contributed by atoms with Crippen molar-refractivity contribution >= 4 is 17.4 Å². The van der Waals surface area contributed by atoms with Gasteiger partial charge >= 0.3 is 0 Å². The standard InChI is InChI=1S/C10H7ClF2O/c11-8-4-2-1-3-6(8)9(14)7-5-10(7,12)13/h1-4,7H,5H2. The molecule has 0 aliphatic heterocycles. The van der Waals surface area contributed by atoms with Crippen molar-refractivity contribution < 1.29 is 13.6 Å². The predicted molar refractivity (Wildman–Crippen MR) is 48.8 cm³/mol. The lowest BCUT2D eigenvalue weighted by Gasteiger charge is -2.01. The molecule has 14 heavy (non-hydrogen) atoms. The first-order valence-corrected chi connectivity index (χ1v) is 4.57. The number of carbonyl (C=O) groups is 1. The molecule has 0 radical (unpaired) electrons. The van der Waals surface area contributed by atoms with Crippen molar-refractivity contribution in [1.82, 2.24) is 0 Å². The van der Waals surface area contributed by atoms with Crippen LogP contribution < -0.4 is 0 Å². The second kappa shape index (κ2) is 3.02. The Bertz CT molecular complexity index is 389. The highest BCUT2D eigenvalue weighted by atomic mass is 35.5. The summed E-state index contributed by atoms with van der Waals surface area (Å²) in [6.45, 7) is 0. The molecule has 74 valence electrons. The fraction of sp³-hybridized carbons (Fsp3) is 0.300. The maximum Gasteiger partial charge on any atom is 0.259 e. The fourth-order valence-electron chi connectivity index (χ4n) is 1.35. The van der Waals surface area contributed by atoms with Gasteiger partial charge in [0.05, 0.1) is 10.9 Å². The van der Waals surface area contributed by atoms with Gasteiger partial charge in [0.1, 0.15) is 0 Å². The zero-order valence-corrected chi connectivity index (χ0v) is 7.89. The first-order chi connectivity index (χ1) is 6.52. The van der Waals surface area contributed by atoms with Crippen molar-refractivity contribution in [3.8, 4) is 0 Å². The van der Waals surface area contributed by atoms with E-state index in [0.29, 0.717) is 0 Å². The van der Waals surface area contributed by atoms with Gasteiger partial charge in [-0.2, -0.15) is 0 Å². The zero-order valence-electron chi connectivity index (χ0n) is 7.14. The van der Waals surface area contributed by atoms with Gasteiger partial charge in [0.25, 0.3) is 5.92 Å². The van der Waals surface area contributed by atoms with Crippen molar-refractivity contribution in [2.75, 3.05) is 0 Å². The van der Waals surface area contributed by atoms with Gasteiger partial charge in [-0.1, -0.05) is 23.7 Å². The minimum atomic E-state index is -2.82. The molecule has 1 unspecified atom stereocenters. The molecular formula is C10H7ClF2O. The molecule has 0 spiro atoms. The van der Waals surface area contributed by atoms with Crippen molar-refractivity contribution in [3.63, 3.8) is 0 Å². The van der Waals surface area contributed by atoms with E-state index in [1.807, 2.05) is 0 Å². The van der Waals surface area contributed by atoms with Gasteiger partial charge in [-0.15, -0.1) is 0 Å². The molecule has 0 bridgehead atoms. The molecule has 1 atom stereocenters. The van der Waals surface area contributed by atoms with Crippen LogP contribution in [0.25, 0.3) is 0 Å². The number of carbonyl (C=O) groups excluding carboxylic acids is 1. The molecule has 0 N–H and O–H groups in total. The van der Waals surface area contributed by atoms with E-state index in [9.17, 15) is 13.6 Å². The maximum atomic E-state index is 12.6. The van der Waals surface area contributed by atoms with E-state index < -0.39 is 17.6 Å². The van der Waals surface area contributed by atoms with Crippen LogP contribution in [0.1, 0.15) is 16.8 Å². The smallest absolute Gasteiger partial charge is 0.259 e. The second-order valence-electron chi connectivity index (χ2n) is 3.36. The summed E-state index contributed by atoms with van der Waals surface area (Å²) < 4.78 is 25.2. The Morgan fingerprint density at radius 3 is 2.50 bits per heavy atom. The quantitative estimate of drug-likeness (QED) is 0.694. The van der Waals surface area contributed by atoms with Gasteiger partial charge in [0, 0.05) is 12.0 Å². The average molecular weight is 217 g/mol. The molecule has 1 aromatic carbocycles. The lowest BCUT2D eigenvalue weighted by molar-refractivity contribution is 0.0757. The lowest BCUT2D eigenvalue weighted by Crippen LogP contribution is -2.08. The van der Waals surface area contributed by atoms with Crippen molar-refractivity contribution in [2.45, 2.75) is 12.3 Å². The van der Waals surface area contributed by atoms with Crippen LogP contribution in [0.5, 0.6) is 0 Å². The first kappa shape index (κ1) is 9.59. The third-order valence-corrected chi connectivity index (χ3v) is 2.61. The van der Waals surface area contributed by atoms with Crippen LogP contribution >= 0.6 is 11.6 Å². The van der Waals surface area contributed by atoms with Crippen LogP contribution in [0, 0.1) is 5.92 Å². The number of benzene rings is 1. The summed E-state index contributed by atoms with van der Waals surface area (Å²) in [5, 5.41) is 0.236. The molecule has 0 heterocycles. The summed E-state index contributed by atoms with van der Waals surface area (Å²) >= 11 is 5.72. The summed E-state index contributed by atoms with van der Waals surface area (Å²) in [6, 6.07) is 6.26. The number of hydrogen-bond donors (Lipinski definition) is 0. The van der Waals surface area contributed by atoms with Crippen molar-refractivity contribution in [1.29, 1.82) is 0 Å². The number of Topliss-reactive ketones (excluding diaryl/α,β-unsaturated/α-hetero) is 1. The number of ketones is 1. The van der Waals surface area contributed by atoms with Gasteiger partial charge in [0.15, 0.2) is 5.78 Å². The normalized spacial score (nSPS) is 23.2. The highest BCUT2D eigenvalue weighted by Crippen LogP contribution is 2.50. The minimum absolute atomic E-state index is 0.191. The summed E-state index contributed by atoms with van der Waals surface area (Å²) in [7, 11) is 0. The topological polar surface area (TPSA) is 17.1 Å². The molecule has 1 fully saturated rings. The number of hydrogen-bond acceptors (Lipinski definition) is 1. The van der Waals surface area contributed by atoms with Gasteiger partial charge < -0.3 is 0 Å². The molecule has 0 aromatic heterocycles. The predicted octanol–water partition coefficient (Wildman–Crippen LogP) is 3.18. The van der Waals surface area contributed by atoms with Gasteiger partial charge in [-0.25, -0.2) is 8.78 Å². The largest absolute Gasteiger partial charge is 0.294 e. The van der Waals surface area contributed by atoms with Gasteiger partial charge in [0.2, 0.25) is 0 Å². The Morgan fingerprint density at radius 1 is 1.43 bits per heavy atom. The maximum absolute atomic E-state index is 12.6. The van der Waals surface area contributed by atoms with E-state index in [4.69, 9.17) is 11.6 Å². The van der Waals surface area contributed by atoms with Crippen LogP contribution in [-0.2, 0) is 0 Å². The Morgan fingerprint density at radius 2 is 2.00 bits per heavy atom. The Hall–Kier alpha value is -0.960. The monoisotopic (exact) mass is 216 g/mol. The zero-order chi connectivity index (χ0) is 10.3.